The van der Waals surface area contributed by atoms with Crippen LogP contribution in [0.2, 0.25) is 0 Å². The monoisotopic (exact) mass is 437 g/mol. The summed E-state index contributed by atoms with van der Waals surface area (Å²) in [5.74, 6) is -0.597. The molecule has 2 atom stereocenters. The Morgan fingerprint density at radius 3 is 2.45 bits per heavy atom. The summed E-state index contributed by atoms with van der Waals surface area (Å²) < 4.78 is 11.7. The molecule has 0 radical (unpaired) electrons. The van der Waals surface area contributed by atoms with Crippen molar-refractivity contribution in [3.05, 3.63) is 29.3 Å². The van der Waals surface area contributed by atoms with E-state index < -0.39 is 5.97 Å². The van der Waals surface area contributed by atoms with Crippen molar-refractivity contribution in [1.82, 2.24) is 4.90 Å². The minimum atomic E-state index is -0.978. The highest BCUT2D eigenvalue weighted by atomic mass is 16.5. The first-order valence-corrected chi connectivity index (χ1v) is 10.6. The molecular weight excluding hydrogens is 402 g/mol. The number of hydrogen-bond acceptors (Lipinski definition) is 6. The van der Waals surface area contributed by atoms with Crippen LogP contribution in [0.4, 0.5) is 0 Å². The Hall–Kier alpha value is -2.16. The summed E-state index contributed by atoms with van der Waals surface area (Å²) in [6.45, 7) is 8.70. The van der Waals surface area contributed by atoms with Gasteiger partial charge in [-0.2, -0.15) is 0 Å². The number of aliphatic hydroxyl groups is 1. The number of rotatable bonds is 4. The van der Waals surface area contributed by atoms with Crippen molar-refractivity contribution in [2.75, 3.05) is 20.2 Å². The SMILES string of the molecule is COc1ccc(CN2CCC3(CC2)C[C@H](O)C[C@H](C(C)(C)C)O3)cc1C(=O)O.O=CO. The predicted octanol–water partition coefficient (Wildman–Crippen LogP) is 3.01. The minimum Gasteiger partial charge on any atom is -0.496 e. The molecule has 0 bridgehead atoms. The second-order valence-electron chi connectivity index (χ2n) is 9.47. The number of carbonyl (C=O) groups is 2. The van der Waals surface area contributed by atoms with Gasteiger partial charge in [0.2, 0.25) is 0 Å². The zero-order valence-electron chi connectivity index (χ0n) is 18.8. The minimum absolute atomic E-state index is 0.0157. The molecule has 2 saturated heterocycles. The number of piperidine rings is 1. The normalized spacial score (nSPS) is 23.5. The van der Waals surface area contributed by atoms with Gasteiger partial charge < -0.3 is 24.8 Å². The smallest absolute Gasteiger partial charge is 0.339 e. The van der Waals surface area contributed by atoms with E-state index in [-0.39, 0.29) is 35.3 Å². The molecule has 2 heterocycles. The molecule has 2 aliphatic rings. The molecule has 0 aliphatic carbocycles. The van der Waals surface area contributed by atoms with Gasteiger partial charge >= 0.3 is 5.97 Å². The molecule has 8 nitrogen and oxygen atoms in total. The van der Waals surface area contributed by atoms with Crippen LogP contribution in [0.5, 0.6) is 5.75 Å². The first-order valence-electron chi connectivity index (χ1n) is 10.6. The van der Waals surface area contributed by atoms with Crippen LogP contribution in [-0.4, -0.2) is 70.7 Å². The van der Waals surface area contributed by atoms with Gasteiger partial charge in [-0.05, 0) is 36.0 Å². The summed E-state index contributed by atoms with van der Waals surface area (Å²) in [5.41, 5.74) is 0.937. The van der Waals surface area contributed by atoms with E-state index in [1.165, 1.54) is 7.11 Å². The molecule has 174 valence electrons. The average molecular weight is 438 g/mol. The van der Waals surface area contributed by atoms with Crippen molar-refractivity contribution < 1.29 is 34.4 Å². The highest BCUT2D eigenvalue weighted by molar-refractivity contribution is 5.91. The lowest BCUT2D eigenvalue weighted by Crippen LogP contribution is -2.55. The van der Waals surface area contributed by atoms with Gasteiger partial charge in [0.15, 0.2) is 0 Å². The molecule has 1 aromatic carbocycles. The highest BCUT2D eigenvalue weighted by Gasteiger charge is 2.46. The third-order valence-electron chi connectivity index (χ3n) is 6.12. The predicted molar refractivity (Wildman–Crippen MR) is 115 cm³/mol. The van der Waals surface area contributed by atoms with E-state index in [2.05, 4.69) is 25.7 Å². The zero-order valence-corrected chi connectivity index (χ0v) is 18.8. The lowest BCUT2D eigenvalue weighted by molar-refractivity contribution is -0.208. The standard InChI is InChI=1S/C22H33NO5.CH2O2/c1-21(2,3)19-12-16(24)13-22(28-19)7-9-23(10-8-22)14-15-5-6-18(27-4)17(11-15)20(25)26;2-1-3/h5-6,11,16,19,24H,7-10,12-14H2,1-4H3,(H,25,26);1H,(H,2,3)/t16-,19-;/m1./s1. The van der Waals surface area contributed by atoms with E-state index in [1.54, 1.807) is 12.1 Å². The Kier molecular flexibility index (Phi) is 8.45. The largest absolute Gasteiger partial charge is 0.496 e. The Balaban J connectivity index is 0.00000107. The van der Waals surface area contributed by atoms with Gasteiger partial charge in [-0.3, -0.25) is 9.69 Å². The van der Waals surface area contributed by atoms with Crippen molar-refractivity contribution in [1.29, 1.82) is 0 Å². The van der Waals surface area contributed by atoms with Crippen molar-refractivity contribution in [3.8, 4) is 5.75 Å². The number of hydrogen-bond donors (Lipinski definition) is 3. The maximum atomic E-state index is 11.4. The number of likely N-dealkylation sites (tertiary alicyclic amines) is 1. The molecule has 1 aromatic rings. The number of aliphatic hydroxyl groups excluding tert-OH is 1. The van der Waals surface area contributed by atoms with Crippen LogP contribution in [0.15, 0.2) is 18.2 Å². The Morgan fingerprint density at radius 1 is 1.32 bits per heavy atom. The number of nitrogens with zero attached hydrogens (tertiary/aromatic N) is 1. The van der Waals surface area contributed by atoms with E-state index in [1.807, 2.05) is 6.07 Å². The topological polar surface area (TPSA) is 117 Å². The first kappa shape index (κ1) is 25.1. The van der Waals surface area contributed by atoms with E-state index >= 15 is 0 Å². The first-order chi connectivity index (χ1) is 14.5. The van der Waals surface area contributed by atoms with Crippen molar-refractivity contribution in [2.24, 2.45) is 5.41 Å². The quantitative estimate of drug-likeness (QED) is 0.616. The molecule has 2 aliphatic heterocycles. The van der Waals surface area contributed by atoms with Crippen LogP contribution >= 0.6 is 0 Å². The van der Waals surface area contributed by atoms with Crippen molar-refractivity contribution in [2.45, 2.75) is 70.8 Å². The summed E-state index contributed by atoms with van der Waals surface area (Å²) in [4.78, 5) is 22.1. The maximum absolute atomic E-state index is 11.4. The van der Waals surface area contributed by atoms with Gasteiger partial charge in [-0.15, -0.1) is 0 Å². The summed E-state index contributed by atoms with van der Waals surface area (Å²) in [7, 11) is 1.48. The molecule has 3 rings (SSSR count). The molecule has 2 fully saturated rings. The van der Waals surface area contributed by atoms with Gasteiger partial charge in [0, 0.05) is 32.5 Å². The van der Waals surface area contributed by atoms with E-state index in [0.717, 1.165) is 31.5 Å². The second kappa shape index (κ2) is 10.4. The third-order valence-corrected chi connectivity index (χ3v) is 6.12. The second-order valence-corrected chi connectivity index (χ2v) is 9.47. The lowest BCUT2D eigenvalue weighted by atomic mass is 9.76. The Morgan fingerprint density at radius 2 is 1.94 bits per heavy atom. The van der Waals surface area contributed by atoms with Crippen LogP contribution in [0.25, 0.3) is 0 Å². The fourth-order valence-electron chi connectivity index (χ4n) is 4.41. The molecule has 8 heteroatoms. The zero-order chi connectivity index (χ0) is 23.2. The van der Waals surface area contributed by atoms with Gasteiger partial charge in [-0.1, -0.05) is 26.8 Å². The molecule has 0 aromatic heterocycles. The maximum Gasteiger partial charge on any atom is 0.339 e. The molecule has 31 heavy (non-hydrogen) atoms. The molecule has 3 N–H and O–H groups in total. The number of carboxylic acids is 1. The van der Waals surface area contributed by atoms with Gasteiger partial charge in [0.1, 0.15) is 11.3 Å². The lowest BCUT2D eigenvalue weighted by Gasteiger charge is -2.50. The van der Waals surface area contributed by atoms with E-state index in [0.29, 0.717) is 25.1 Å². The average Bonchev–Trinajstić information content (AvgIpc) is 2.69. The number of ether oxygens (including phenoxy) is 2. The number of benzene rings is 1. The van der Waals surface area contributed by atoms with Crippen molar-refractivity contribution in [3.63, 3.8) is 0 Å². The Bertz CT molecular complexity index is 751. The molecule has 0 unspecified atom stereocenters. The van der Waals surface area contributed by atoms with Crippen LogP contribution in [0.1, 0.15) is 62.4 Å². The van der Waals surface area contributed by atoms with Crippen LogP contribution in [-0.2, 0) is 16.1 Å². The Labute approximate surface area is 183 Å². The highest BCUT2D eigenvalue weighted by Crippen LogP contribution is 2.42. The number of methoxy groups -OCH3 is 1. The molecule has 0 saturated carbocycles. The molecule has 0 amide bonds. The van der Waals surface area contributed by atoms with E-state index in [9.17, 15) is 15.0 Å². The summed E-state index contributed by atoms with van der Waals surface area (Å²) >= 11 is 0. The number of carboxylic acid groups (broad SMARTS) is 2. The third kappa shape index (κ3) is 6.66. The van der Waals surface area contributed by atoms with Crippen LogP contribution in [0, 0.1) is 5.41 Å². The van der Waals surface area contributed by atoms with Crippen LogP contribution in [0.3, 0.4) is 0 Å². The van der Waals surface area contributed by atoms with Gasteiger partial charge in [-0.25, -0.2) is 4.79 Å². The van der Waals surface area contributed by atoms with Gasteiger partial charge in [0.05, 0.1) is 24.9 Å². The number of aromatic carboxylic acids is 1. The van der Waals surface area contributed by atoms with Gasteiger partial charge in [0.25, 0.3) is 6.47 Å². The summed E-state index contributed by atoms with van der Waals surface area (Å²) in [6, 6.07) is 5.34. The fraction of sp³-hybridized carbons (Fsp3) is 0.652. The summed E-state index contributed by atoms with van der Waals surface area (Å²) in [5, 5.41) is 26.7. The molecule has 1 spiro atoms. The molecular formula is C23H35NO7. The van der Waals surface area contributed by atoms with Crippen LogP contribution < -0.4 is 4.74 Å². The van der Waals surface area contributed by atoms with Crippen molar-refractivity contribution >= 4 is 12.4 Å². The summed E-state index contributed by atoms with van der Waals surface area (Å²) in [6.07, 6.45) is 2.96. The van der Waals surface area contributed by atoms with E-state index in [4.69, 9.17) is 19.4 Å². The fourth-order valence-corrected chi connectivity index (χ4v) is 4.41.